The van der Waals surface area contributed by atoms with Crippen LogP contribution >= 0.6 is 0 Å². The first-order chi connectivity index (χ1) is 11.0. The van der Waals surface area contributed by atoms with Gasteiger partial charge in [0, 0.05) is 24.5 Å². The van der Waals surface area contributed by atoms with E-state index in [1.165, 1.54) is 5.56 Å². The van der Waals surface area contributed by atoms with Crippen molar-refractivity contribution in [2.45, 2.75) is 26.9 Å². The van der Waals surface area contributed by atoms with Gasteiger partial charge in [-0.3, -0.25) is 4.79 Å². The number of carbonyl (C=O) groups is 1. The molecule has 2 aromatic rings. The van der Waals surface area contributed by atoms with Crippen LogP contribution in [-0.2, 0) is 9.47 Å². The molecule has 23 heavy (non-hydrogen) atoms. The Hall–Kier alpha value is -1.85. The van der Waals surface area contributed by atoms with Crippen LogP contribution in [0.15, 0.2) is 12.1 Å². The Balaban J connectivity index is 1.85. The number of nitrogens with one attached hydrogen (secondary N) is 1. The monoisotopic (exact) mass is 316 g/mol. The first kappa shape index (κ1) is 16.0. The van der Waals surface area contributed by atoms with Crippen LogP contribution in [0.3, 0.4) is 0 Å². The Kier molecular flexibility index (Phi) is 4.41. The van der Waals surface area contributed by atoms with Crippen molar-refractivity contribution >= 4 is 16.8 Å². The van der Waals surface area contributed by atoms with Crippen LogP contribution < -0.4 is 0 Å². The summed E-state index contributed by atoms with van der Waals surface area (Å²) >= 11 is 0. The molecule has 1 N–H and O–H groups in total. The summed E-state index contributed by atoms with van der Waals surface area (Å²) in [7, 11) is 1.81. The highest BCUT2D eigenvalue weighted by molar-refractivity contribution is 6.01. The molecule has 0 unspecified atom stereocenters. The van der Waals surface area contributed by atoms with Crippen molar-refractivity contribution < 1.29 is 14.3 Å². The number of hydrogen-bond acceptors (Lipinski definition) is 3. The van der Waals surface area contributed by atoms with Crippen molar-refractivity contribution in [3.05, 3.63) is 34.5 Å². The first-order valence-electron chi connectivity index (χ1n) is 8.01. The van der Waals surface area contributed by atoms with Gasteiger partial charge in [-0.15, -0.1) is 0 Å². The largest absolute Gasteiger partial charge is 0.376 e. The number of benzene rings is 1. The van der Waals surface area contributed by atoms with Crippen molar-refractivity contribution in [3.63, 3.8) is 0 Å². The van der Waals surface area contributed by atoms with Gasteiger partial charge < -0.3 is 19.4 Å². The highest BCUT2D eigenvalue weighted by atomic mass is 16.6. The van der Waals surface area contributed by atoms with Crippen molar-refractivity contribution in [1.82, 2.24) is 9.88 Å². The SMILES string of the molecule is Cc1cc(C)c2[nH]c(C(=O)N(C)C[C@H]3COCCO3)c(C)c2c1. The van der Waals surface area contributed by atoms with E-state index in [1.54, 1.807) is 4.90 Å². The highest BCUT2D eigenvalue weighted by Gasteiger charge is 2.23. The number of aromatic amines is 1. The van der Waals surface area contributed by atoms with Crippen LogP contribution in [0.1, 0.15) is 27.2 Å². The summed E-state index contributed by atoms with van der Waals surface area (Å²) in [5.74, 6) is -0.00933. The minimum atomic E-state index is -0.0497. The average molecular weight is 316 g/mol. The van der Waals surface area contributed by atoms with Gasteiger partial charge in [-0.2, -0.15) is 0 Å². The van der Waals surface area contributed by atoms with Gasteiger partial charge in [0.15, 0.2) is 0 Å². The molecular weight excluding hydrogens is 292 g/mol. The summed E-state index contributed by atoms with van der Waals surface area (Å²) in [6, 6.07) is 4.26. The molecule has 0 bridgehead atoms. The quantitative estimate of drug-likeness (QED) is 0.947. The van der Waals surface area contributed by atoms with Gasteiger partial charge in [0.2, 0.25) is 0 Å². The van der Waals surface area contributed by atoms with E-state index in [9.17, 15) is 4.79 Å². The number of rotatable bonds is 3. The van der Waals surface area contributed by atoms with Crippen LogP contribution in [0.5, 0.6) is 0 Å². The van der Waals surface area contributed by atoms with Gasteiger partial charge in [-0.25, -0.2) is 0 Å². The van der Waals surface area contributed by atoms with Crippen molar-refractivity contribution in [3.8, 4) is 0 Å². The molecular formula is C18H24N2O3. The Bertz CT molecular complexity index is 729. The molecule has 0 radical (unpaired) electrons. The van der Waals surface area contributed by atoms with E-state index in [1.807, 2.05) is 14.0 Å². The number of amides is 1. The minimum Gasteiger partial charge on any atom is -0.376 e. The number of carbonyl (C=O) groups excluding carboxylic acids is 1. The van der Waals surface area contributed by atoms with Crippen LogP contribution in [0, 0.1) is 20.8 Å². The molecule has 1 aliphatic heterocycles. The number of ether oxygens (including phenoxy) is 2. The number of likely N-dealkylation sites (N-methyl/N-ethyl adjacent to an activating group) is 1. The maximum absolute atomic E-state index is 12.8. The highest BCUT2D eigenvalue weighted by Crippen LogP contribution is 2.26. The number of aryl methyl sites for hydroxylation is 3. The second-order valence-corrected chi connectivity index (χ2v) is 6.38. The first-order valence-corrected chi connectivity index (χ1v) is 8.01. The third kappa shape index (κ3) is 3.12. The lowest BCUT2D eigenvalue weighted by molar-refractivity contribution is -0.0933. The van der Waals surface area contributed by atoms with E-state index in [0.717, 1.165) is 22.0 Å². The van der Waals surface area contributed by atoms with Crippen molar-refractivity contribution in [1.29, 1.82) is 0 Å². The summed E-state index contributed by atoms with van der Waals surface area (Å²) < 4.78 is 11.0. The molecule has 124 valence electrons. The van der Waals surface area contributed by atoms with E-state index in [4.69, 9.17) is 9.47 Å². The molecule has 1 saturated heterocycles. The summed E-state index contributed by atoms with van der Waals surface area (Å²) in [6.45, 7) is 8.44. The van der Waals surface area contributed by atoms with Gasteiger partial charge >= 0.3 is 0 Å². The Morgan fingerprint density at radius 2 is 2.09 bits per heavy atom. The second-order valence-electron chi connectivity index (χ2n) is 6.38. The predicted octanol–water partition coefficient (Wildman–Crippen LogP) is 2.58. The molecule has 3 rings (SSSR count). The lowest BCUT2D eigenvalue weighted by Crippen LogP contribution is -2.41. The van der Waals surface area contributed by atoms with Gasteiger partial charge in [0.05, 0.1) is 25.9 Å². The summed E-state index contributed by atoms with van der Waals surface area (Å²) in [4.78, 5) is 17.8. The number of nitrogens with zero attached hydrogens (tertiary/aromatic N) is 1. The Morgan fingerprint density at radius 3 is 2.78 bits per heavy atom. The topological polar surface area (TPSA) is 54.6 Å². The van der Waals surface area contributed by atoms with Crippen LogP contribution in [0.2, 0.25) is 0 Å². The predicted molar refractivity (Wildman–Crippen MR) is 90.0 cm³/mol. The fourth-order valence-corrected chi connectivity index (χ4v) is 3.22. The van der Waals surface area contributed by atoms with Crippen molar-refractivity contribution in [2.75, 3.05) is 33.4 Å². The Labute approximate surface area is 136 Å². The molecule has 0 saturated carbocycles. The smallest absolute Gasteiger partial charge is 0.270 e. The third-order valence-corrected chi connectivity index (χ3v) is 4.43. The molecule has 0 spiro atoms. The number of aromatic nitrogens is 1. The fraction of sp³-hybridized carbons (Fsp3) is 0.500. The van der Waals surface area contributed by atoms with E-state index < -0.39 is 0 Å². The van der Waals surface area contributed by atoms with Crippen LogP contribution in [-0.4, -0.2) is 55.3 Å². The zero-order valence-electron chi connectivity index (χ0n) is 14.2. The van der Waals surface area contributed by atoms with E-state index >= 15 is 0 Å². The molecule has 0 aliphatic carbocycles. The van der Waals surface area contributed by atoms with Gasteiger partial charge in [0.25, 0.3) is 5.91 Å². The summed E-state index contributed by atoms with van der Waals surface area (Å²) in [5.41, 5.74) is 5.07. The number of fused-ring (bicyclic) bond motifs is 1. The molecule has 5 nitrogen and oxygen atoms in total. The van der Waals surface area contributed by atoms with Crippen molar-refractivity contribution in [2.24, 2.45) is 0 Å². The van der Waals surface area contributed by atoms with Crippen LogP contribution in [0.4, 0.5) is 0 Å². The molecule has 1 amide bonds. The lowest BCUT2D eigenvalue weighted by atomic mass is 10.1. The summed E-state index contributed by atoms with van der Waals surface area (Å²) in [6.07, 6.45) is -0.0497. The zero-order chi connectivity index (χ0) is 16.6. The normalized spacial score (nSPS) is 18.3. The molecule has 1 aliphatic rings. The number of hydrogen-bond donors (Lipinski definition) is 1. The van der Waals surface area contributed by atoms with Gasteiger partial charge in [-0.1, -0.05) is 11.6 Å². The minimum absolute atomic E-state index is 0.00933. The van der Waals surface area contributed by atoms with Gasteiger partial charge in [-0.05, 0) is 38.0 Å². The maximum Gasteiger partial charge on any atom is 0.270 e. The van der Waals surface area contributed by atoms with E-state index in [-0.39, 0.29) is 12.0 Å². The Morgan fingerprint density at radius 1 is 1.30 bits per heavy atom. The molecule has 1 fully saturated rings. The van der Waals surface area contributed by atoms with Crippen LogP contribution in [0.25, 0.3) is 10.9 Å². The molecule has 5 heteroatoms. The number of H-pyrrole nitrogens is 1. The standard InChI is InChI=1S/C18H24N2O3/c1-11-7-12(2)16-15(8-11)13(3)17(19-16)18(21)20(4)9-14-10-22-5-6-23-14/h7-8,14,19H,5-6,9-10H2,1-4H3/t14-/m0/s1. The second kappa shape index (κ2) is 6.34. The lowest BCUT2D eigenvalue weighted by Gasteiger charge is -2.27. The molecule has 1 aromatic heterocycles. The van der Waals surface area contributed by atoms with E-state index in [0.29, 0.717) is 32.1 Å². The van der Waals surface area contributed by atoms with E-state index in [2.05, 4.69) is 31.0 Å². The average Bonchev–Trinajstić information content (AvgIpc) is 2.85. The van der Waals surface area contributed by atoms with Gasteiger partial charge in [0.1, 0.15) is 5.69 Å². The zero-order valence-corrected chi connectivity index (χ0v) is 14.2. The fourth-order valence-electron chi connectivity index (χ4n) is 3.22. The molecule has 1 aromatic carbocycles. The third-order valence-electron chi connectivity index (χ3n) is 4.43. The maximum atomic E-state index is 12.8. The summed E-state index contributed by atoms with van der Waals surface area (Å²) in [5, 5.41) is 1.12. The molecule has 2 heterocycles. The molecule has 1 atom stereocenters.